The molecular formula is C125H120F2Ir3N14O2-5. The van der Waals surface area contributed by atoms with Crippen LogP contribution in [-0.2, 0) is 73.3 Å². The molecule has 0 saturated heterocycles. The molecule has 14 aromatic rings. The van der Waals surface area contributed by atoms with Gasteiger partial charge in [0.1, 0.15) is 53.3 Å². The van der Waals surface area contributed by atoms with E-state index in [9.17, 15) is 8.78 Å². The standard InChI is InChI=1S/C51H57N3.C21H21N4.C17H14N2O.C16H12N2O.C15H8F2N.C5H8N2.3Ir/c1-37-13-7-10-16-46(37)49-28-25-40(34-52(49)4)19-22-43-31-44(23-20-41-26-29-50(53(5)35-41)47-17-11-8-14-38(47)2)33-45(32-43)24-21-42-27-30-51(54(6)36-42)48-18-12-9-15-39(48)3;1-3-8-20(9-4-1)24-16-14-22(18-24)12-7-13-23-15-17-25(19-23)21-10-5-2-6-11-21;1-18-9-8-14-16-11(10-19(14)18)6-7-13-12-4-2-3-5-15(12)20-17(13)16;1-17-9-10-18(11-17)14-7-4-6-13-12-5-2-3-8-15(12)19-16(13)14;16-11-5-6-13(14(17)9-11)15-12-4-2-1-3-10(12)7-8-18-15;1-4(6)3-5(2)7;;;/h7-18,25-30,34-36,43-45H,4-6,19-24,31-33H2,1-3H3;1-6,8-10,14-19H,7,12-13H2;2-9,14H,10H2,1H3;2-6,8-11H,1H3;1-5,7-9H;3,6H,1-2H3;;;/q;-3;;-2;-1;-2;;;+3/t43?,44-,45+;;;;;;;;. The summed E-state index contributed by atoms with van der Waals surface area (Å²) >= 11 is 0. The minimum Gasteiger partial charge on any atom is -0.808 e. The van der Waals surface area contributed by atoms with E-state index in [4.69, 9.17) is 20.0 Å². The van der Waals surface area contributed by atoms with Crippen LogP contribution in [0, 0.1) is 106 Å². The van der Waals surface area contributed by atoms with Crippen LogP contribution in [0.1, 0.15) is 124 Å². The number of nitrogens with one attached hydrogen (secondary N) is 1. The van der Waals surface area contributed by atoms with E-state index in [0.717, 1.165) is 130 Å². The van der Waals surface area contributed by atoms with Crippen LogP contribution in [0.25, 0.3) is 82.6 Å². The maximum Gasteiger partial charge on any atom is 3.00 e. The Bertz CT molecular complexity index is 7330. The maximum atomic E-state index is 13.8. The molecule has 23 rings (SSSR count). The van der Waals surface area contributed by atoms with E-state index in [0.29, 0.717) is 17.4 Å². The van der Waals surface area contributed by atoms with Gasteiger partial charge in [-0.2, -0.15) is 79.9 Å². The Hall–Kier alpha value is -14.0. The number of hydrazine groups is 1. The predicted molar refractivity (Wildman–Crippen MR) is 580 cm³/mol. The molecule has 748 valence electrons. The van der Waals surface area contributed by atoms with Crippen molar-refractivity contribution < 1.29 is 91.3 Å². The average molecular weight is 2470 g/mol. The molecule has 0 spiro atoms. The molecule has 146 heavy (non-hydrogen) atoms. The van der Waals surface area contributed by atoms with Crippen molar-refractivity contribution in [3.05, 3.63) is 506 Å². The van der Waals surface area contributed by atoms with E-state index in [-0.39, 0.29) is 71.6 Å². The number of pyridine rings is 2. The summed E-state index contributed by atoms with van der Waals surface area (Å²) in [5, 5.41) is 20.6. The Kier molecular flexibility index (Phi) is 36.2. The summed E-state index contributed by atoms with van der Waals surface area (Å²) in [5.74, 6) is 2.17. The second kappa shape index (κ2) is 49.7. The zero-order valence-corrected chi connectivity index (χ0v) is 90.5. The first-order valence-corrected chi connectivity index (χ1v) is 49.1. The van der Waals surface area contributed by atoms with Crippen molar-refractivity contribution in [3.63, 3.8) is 0 Å². The summed E-state index contributed by atoms with van der Waals surface area (Å²) in [6.07, 6.45) is 56.3. The fourth-order valence-corrected chi connectivity index (χ4v) is 20.2. The van der Waals surface area contributed by atoms with Crippen LogP contribution in [-0.4, -0.2) is 85.2 Å². The van der Waals surface area contributed by atoms with Gasteiger partial charge in [0.15, 0.2) is 6.20 Å². The molecule has 2 aliphatic carbocycles. The van der Waals surface area contributed by atoms with Gasteiger partial charge in [-0.25, -0.2) is 9.25 Å². The topological polar surface area (TPSA) is 123 Å². The van der Waals surface area contributed by atoms with Crippen molar-refractivity contribution in [3.8, 4) is 11.3 Å². The number of aryl methyl sites for hydroxylation is 3. The molecule has 7 aliphatic heterocycles. The first-order chi connectivity index (χ1) is 69.6. The Morgan fingerprint density at radius 2 is 1.17 bits per heavy atom. The van der Waals surface area contributed by atoms with Gasteiger partial charge in [0.2, 0.25) is 0 Å². The molecule has 9 aliphatic rings. The molecule has 4 atom stereocenters. The zero-order chi connectivity index (χ0) is 99.0. The first-order valence-electron chi connectivity index (χ1n) is 49.1. The predicted octanol–water partition coefficient (Wildman–Crippen LogP) is 27.6. The van der Waals surface area contributed by atoms with E-state index in [1.165, 1.54) is 147 Å². The maximum absolute atomic E-state index is 13.8. The average Bonchev–Trinajstić information content (AvgIpc) is 1.57. The van der Waals surface area contributed by atoms with Gasteiger partial charge in [0, 0.05) is 116 Å². The molecule has 2 unspecified atom stereocenters. The molecule has 0 amide bonds. The van der Waals surface area contributed by atoms with Gasteiger partial charge in [0.05, 0.1) is 19.5 Å². The van der Waals surface area contributed by atoms with E-state index < -0.39 is 11.6 Å². The van der Waals surface area contributed by atoms with Crippen LogP contribution >= 0.6 is 0 Å². The smallest absolute Gasteiger partial charge is 0.808 e. The number of allylic oxidation sites excluding steroid dienone is 10. The molecule has 1 fully saturated rings. The third-order valence-electron chi connectivity index (χ3n) is 27.3. The number of benzene rings is 10. The fourth-order valence-electron chi connectivity index (χ4n) is 20.2. The Labute approximate surface area is 898 Å². The van der Waals surface area contributed by atoms with Gasteiger partial charge in [-0.3, -0.25) is 17.9 Å². The molecule has 16 nitrogen and oxygen atoms in total. The summed E-state index contributed by atoms with van der Waals surface area (Å²) in [4.78, 5) is 16.9. The third kappa shape index (κ3) is 25.7. The van der Waals surface area contributed by atoms with E-state index in [1.54, 1.807) is 13.1 Å². The number of aromatic nitrogens is 2. The number of rotatable bonds is 20. The van der Waals surface area contributed by atoms with E-state index >= 15 is 0 Å². The van der Waals surface area contributed by atoms with Crippen LogP contribution in [0.3, 0.4) is 0 Å². The Balaban J connectivity index is 0.000000145. The van der Waals surface area contributed by atoms with Crippen LogP contribution in [0.5, 0.6) is 0 Å². The number of nitrogens with zero attached hydrogens (tertiary/aromatic N) is 13. The number of para-hydroxylation sites is 4. The Morgan fingerprint density at radius 1 is 0.582 bits per heavy atom. The summed E-state index contributed by atoms with van der Waals surface area (Å²) in [6, 6.07) is 88.1. The number of halogens is 2. The number of fused-ring (bicyclic) bond motifs is 11. The normalized spacial score (nSPS) is 17.7. The van der Waals surface area contributed by atoms with Gasteiger partial charge >= 0.3 is 20.1 Å². The van der Waals surface area contributed by atoms with Gasteiger partial charge in [-0.05, 0) is 238 Å². The van der Waals surface area contributed by atoms with E-state index in [1.807, 2.05) is 133 Å². The van der Waals surface area contributed by atoms with Crippen LogP contribution in [0.15, 0.2) is 385 Å². The molecule has 1 saturated carbocycles. The van der Waals surface area contributed by atoms with Crippen molar-refractivity contribution in [2.75, 3.05) is 41.9 Å². The number of hydrogen-bond donors (Lipinski definition) is 0. The van der Waals surface area contributed by atoms with Gasteiger partial charge < -0.3 is 59.4 Å². The fraction of sp³-hybridized carbons (Fsp3) is 0.192. The largest absolute Gasteiger partial charge is 3.00 e. The first kappa shape index (κ1) is 106. The molecule has 4 aromatic heterocycles. The summed E-state index contributed by atoms with van der Waals surface area (Å²) in [7, 11) is 4.09. The number of furan rings is 2. The minimum atomic E-state index is -0.654. The molecule has 11 heterocycles. The number of anilines is 3. The molecule has 0 bridgehead atoms. The van der Waals surface area contributed by atoms with Gasteiger partial charge in [-0.1, -0.05) is 220 Å². The van der Waals surface area contributed by atoms with Crippen LogP contribution in [0.4, 0.5) is 25.8 Å². The van der Waals surface area contributed by atoms with Crippen molar-refractivity contribution in [1.29, 1.82) is 0 Å². The van der Waals surface area contributed by atoms with Crippen molar-refractivity contribution in [2.45, 2.75) is 111 Å². The summed E-state index contributed by atoms with van der Waals surface area (Å²) in [6.45, 7) is 32.1. The van der Waals surface area contributed by atoms with Crippen LogP contribution in [0.2, 0.25) is 0 Å². The Morgan fingerprint density at radius 3 is 1.77 bits per heavy atom. The van der Waals surface area contributed by atoms with Crippen molar-refractivity contribution in [2.24, 2.45) is 17.8 Å². The van der Waals surface area contributed by atoms with Gasteiger partial charge in [-0.15, -0.1) is 66.3 Å². The van der Waals surface area contributed by atoms with Crippen LogP contribution < -0.4 is 24.3 Å². The number of hydrogen-bond acceptors (Lipinski definition) is 11. The molecular weight excluding hydrogens is 2340 g/mol. The molecule has 10 aromatic carbocycles. The monoisotopic (exact) mass is 2470 g/mol. The molecule has 1 N–H and O–H groups in total. The van der Waals surface area contributed by atoms with Gasteiger partial charge in [0.25, 0.3) is 0 Å². The van der Waals surface area contributed by atoms with E-state index in [2.05, 4.69) is 353 Å². The SMILES string of the molecule is C=[N+]1C=C(CC[C@@H]2CC(CCc3ccc(=C4C=CC=C[C-]4C)[n+](=C)c3)C[C@H](CCC3=C[N+](=C)[C-](c4ccccc4C)C=C3)C2)C=C[C-]1c1ccccc1C.CC(=[N-])C=C(C)[NH-].CN1C=CC2c3c(ccc4c3oc3ccccc34)CN21.CN1C=CN(c2[c-]ccc3c2oc2ccccc23)[CH-]1.Fc1c[c-]c(-c2nccc3ccccc23)c(F)c1.[Ir+3].[Ir].[Ir].[c-]1ccccc1N1C=CN(CCCN2C=CN(c3ccccc3)[CH-]2)[CH-]1. The molecule has 2 radical (unpaired) electrons. The van der Waals surface area contributed by atoms with Crippen molar-refractivity contribution in [1.82, 2.24) is 29.7 Å². The summed E-state index contributed by atoms with van der Waals surface area (Å²) in [5.41, 5.74) is 28.2. The third-order valence-corrected chi connectivity index (χ3v) is 27.3. The minimum absolute atomic E-state index is 0. The summed E-state index contributed by atoms with van der Waals surface area (Å²) < 4.78 is 45.0. The zero-order valence-electron chi connectivity index (χ0n) is 83.3. The quantitative estimate of drug-likeness (QED) is 0.0412. The second-order valence-corrected chi connectivity index (χ2v) is 37.7. The van der Waals surface area contributed by atoms with Crippen molar-refractivity contribution >= 4 is 96.4 Å². The molecule has 21 heteroatoms. The second-order valence-electron chi connectivity index (χ2n) is 37.7.